The summed E-state index contributed by atoms with van der Waals surface area (Å²) in [5.41, 5.74) is 7.74. The molecule has 1 fully saturated rings. The molecule has 2 rings (SSSR count). The van der Waals surface area contributed by atoms with Gasteiger partial charge in [0, 0.05) is 51.9 Å². The van der Waals surface area contributed by atoms with Crippen LogP contribution in [0.5, 0.6) is 0 Å². The third kappa shape index (κ3) is 6.96. The van der Waals surface area contributed by atoms with E-state index in [0.29, 0.717) is 6.42 Å². The van der Waals surface area contributed by atoms with Gasteiger partial charge in [-0.05, 0) is 18.1 Å². The average Bonchev–Trinajstić information content (AvgIpc) is 2.52. The first kappa shape index (κ1) is 22.0. The van der Waals surface area contributed by atoms with Crippen molar-refractivity contribution in [2.24, 2.45) is 0 Å². The van der Waals surface area contributed by atoms with Crippen LogP contribution in [0.3, 0.4) is 0 Å². The van der Waals surface area contributed by atoms with Gasteiger partial charge >= 0.3 is 0 Å². The number of carbonyl (C=O) groups excluding carboxylic acids is 1. The van der Waals surface area contributed by atoms with Gasteiger partial charge in [-0.1, -0.05) is 18.2 Å². The Bertz CT molecular complexity index is 466. The Labute approximate surface area is 151 Å². The number of amides is 1. The molecule has 132 valence electrons. The topological polar surface area (TPSA) is 58.8 Å². The molecule has 0 unspecified atom stereocenters. The Morgan fingerprint density at radius 3 is 2.43 bits per heavy atom. The highest BCUT2D eigenvalue weighted by Crippen LogP contribution is 2.14. The molecular weight excluding hydrogens is 337 g/mol. The van der Waals surface area contributed by atoms with Gasteiger partial charge in [0.2, 0.25) is 5.91 Å². The van der Waals surface area contributed by atoms with Crippen LogP contribution in [0.25, 0.3) is 0 Å². The van der Waals surface area contributed by atoms with Crippen molar-refractivity contribution in [3.8, 4) is 0 Å². The molecule has 1 amide bonds. The minimum Gasteiger partial charge on any atom is -0.399 e. The Kier molecular flexibility index (Phi) is 11.0. The van der Waals surface area contributed by atoms with Crippen LogP contribution in [0.1, 0.15) is 12.0 Å². The second kappa shape index (κ2) is 11.5. The summed E-state index contributed by atoms with van der Waals surface area (Å²) in [7, 11) is 1.72. The molecule has 0 spiro atoms. The summed E-state index contributed by atoms with van der Waals surface area (Å²) >= 11 is 0. The molecule has 1 heterocycles. The first-order valence-electron chi connectivity index (χ1n) is 7.53. The quantitative estimate of drug-likeness (QED) is 0.783. The van der Waals surface area contributed by atoms with Crippen LogP contribution in [0.4, 0.5) is 5.69 Å². The number of rotatable bonds is 6. The summed E-state index contributed by atoms with van der Waals surface area (Å²) in [6.07, 6.45) is 1.25. The van der Waals surface area contributed by atoms with Gasteiger partial charge in [0.15, 0.2) is 0 Å². The van der Waals surface area contributed by atoms with Crippen LogP contribution in [0.15, 0.2) is 24.3 Å². The third-order valence-corrected chi connectivity index (χ3v) is 4.00. The molecule has 1 aromatic rings. The second-order valence-electron chi connectivity index (χ2n) is 5.41. The molecule has 1 saturated heterocycles. The number of para-hydroxylation sites is 1. The van der Waals surface area contributed by atoms with Crippen molar-refractivity contribution >= 4 is 36.4 Å². The summed E-state index contributed by atoms with van der Waals surface area (Å²) in [4.78, 5) is 16.5. The number of anilines is 1. The molecular formula is C16H27Cl2N3O2. The van der Waals surface area contributed by atoms with E-state index < -0.39 is 0 Å². The number of ether oxygens (including phenoxy) is 1. The van der Waals surface area contributed by atoms with Crippen LogP contribution in [-0.2, 0) is 16.0 Å². The lowest BCUT2D eigenvalue weighted by Crippen LogP contribution is -2.49. The number of carbonyl (C=O) groups is 1. The first-order valence-corrected chi connectivity index (χ1v) is 7.53. The Morgan fingerprint density at radius 2 is 1.83 bits per heavy atom. The van der Waals surface area contributed by atoms with Gasteiger partial charge in [0.1, 0.15) is 0 Å². The maximum Gasteiger partial charge on any atom is 0.222 e. The van der Waals surface area contributed by atoms with Gasteiger partial charge < -0.3 is 15.4 Å². The van der Waals surface area contributed by atoms with Gasteiger partial charge in [-0.3, -0.25) is 9.69 Å². The van der Waals surface area contributed by atoms with Crippen molar-refractivity contribution in [2.45, 2.75) is 12.8 Å². The lowest BCUT2D eigenvalue weighted by atomic mass is 10.1. The van der Waals surface area contributed by atoms with Crippen molar-refractivity contribution in [1.29, 1.82) is 0 Å². The lowest BCUT2D eigenvalue weighted by Gasteiger charge is -2.34. The van der Waals surface area contributed by atoms with Crippen LogP contribution >= 0.6 is 24.8 Å². The standard InChI is InChI=1S/C16H25N3O2.2ClH/c1-21-13-12-18-8-10-19(11-9-18)16(20)7-6-14-4-2-3-5-15(14)17;;/h2-5H,6-13,17H2,1H3;2*1H. The fourth-order valence-electron chi connectivity index (χ4n) is 2.60. The normalized spacial score (nSPS) is 14.7. The van der Waals surface area contributed by atoms with Gasteiger partial charge in [-0.25, -0.2) is 0 Å². The third-order valence-electron chi connectivity index (χ3n) is 4.00. The zero-order valence-electron chi connectivity index (χ0n) is 13.6. The highest BCUT2D eigenvalue weighted by Gasteiger charge is 2.20. The van der Waals surface area contributed by atoms with Crippen LogP contribution in [0.2, 0.25) is 0 Å². The number of hydrogen-bond donors (Lipinski definition) is 1. The predicted molar refractivity (Wildman–Crippen MR) is 98.6 cm³/mol. The van der Waals surface area contributed by atoms with Crippen molar-refractivity contribution < 1.29 is 9.53 Å². The SMILES string of the molecule is COCCN1CCN(C(=O)CCc2ccccc2N)CC1.Cl.Cl. The van der Waals surface area contributed by atoms with Gasteiger partial charge in [0.05, 0.1) is 6.61 Å². The van der Waals surface area contributed by atoms with Crippen molar-refractivity contribution in [3.63, 3.8) is 0 Å². The highest BCUT2D eigenvalue weighted by molar-refractivity contribution is 5.85. The zero-order valence-corrected chi connectivity index (χ0v) is 15.2. The molecule has 0 aliphatic carbocycles. The summed E-state index contributed by atoms with van der Waals surface area (Å²) in [5, 5.41) is 0. The van der Waals surface area contributed by atoms with Crippen LogP contribution in [-0.4, -0.2) is 62.1 Å². The number of aryl methyl sites for hydroxylation is 1. The molecule has 0 aromatic heterocycles. The molecule has 23 heavy (non-hydrogen) atoms. The molecule has 0 saturated carbocycles. The van der Waals surface area contributed by atoms with E-state index in [0.717, 1.165) is 57.0 Å². The Hall–Kier alpha value is -1.01. The first-order chi connectivity index (χ1) is 10.2. The van der Waals surface area contributed by atoms with E-state index in [1.165, 1.54) is 0 Å². The molecule has 0 bridgehead atoms. The van der Waals surface area contributed by atoms with Crippen molar-refractivity contribution in [1.82, 2.24) is 9.80 Å². The molecule has 2 N–H and O–H groups in total. The second-order valence-corrected chi connectivity index (χ2v) is 5.41. The number of nitrogens with zero attached hydrogens (tertiary/aromatic N) is 2. The van der Waals surface area contributed by atoms with E-state index in [9.17, 15) is 4.79 Å². The number of benzene rings is 1. The predicted octanol–water partition coefficient (Wildman–Crippen LogP) is 1.84. The number of halogens is 2. The lowest BCUT2D eigenvalue weighted by molar-refractivity contribution is -0.132. The van der Waals surface area contributed by atoms with Crippen LogP contribution in [0, 0.1) is 0 Å². The molecule has 0 radical (unpaired) electrons. The summed E-state index contributed by atoms with van der Waals surface area (Å²) < 4.78 is 5.08. The number of nitrogen functional groups attached to an aromatic ring is 1. The maximum absolute atomic E-state index is 12.2. The van der Waals surface area contributed by atoms with Gasteiger partial charge in [0.25, 0.3) is 0 Å². The molecule has 7 heteroatoms. The highest BCUT2D eigenvalue weighted by atomic mass is 35.5. The zero-order chi connectivity index (χ0) is 15.1. The van der Waals surface area contributed by atoms with E-state index in [1.807, 2.05) is 29.2 Å². The Balaban J connectivity index is 0.00000242. The molecule has 5 nitrogen and oxygen atoms in total. The van der Waals surface area contributed by atoms with Crippen LogP contribution < -0.4 is 5.73 Å². The van der Waals surface area contributed by atoms with Crippen molar-refractivity contribution in [3.05, 3.63) is 29.8 Å². The largest absolute Gasteiger partial charge is 0.399 e. The molecule has 1 aliphatic rings. The van der Waals surface area contributed by atoms with E-state index in [4.69, 9.17) is 10.5 Å². The average molecular weight is 364 g/mol. The number of hydrogen-bond acceptors (Lipinski definition) is 4. The molecule has 1 aliphatic heterocycles. The fraction of sp³-hybridized carbons (Fsp3) is 0.562. The number of nitrogens with two attached hydrogens (primary N) is 1. The summed E-state index contributed by atoms with van der Waals surface area (Å²) in [6, 6.07) is 7.75. The maximum atomic E-state index is 12.2. The van der Waals surface area contributed by atoms with E-state index in [1.54, 1.807) is 7.11 Å². The molecule has 0 atom stereocenters. The van der Waals surface area contributed by atoms with E-state index >= 15 is 0 Å². The number of methoxy groups -OCH3 is 1. The summed E-state index contributed by atoms with van der Waals surface area (Å²) in [6.45, 7) is 5.19. The minimum atomic E-state index is 0. The van der Waals surface area contributed by atoms with E-state index in [2.05, 4.69) is 4.90 Å². The van der Waals surface area contributed by atoms with Gasteiger partial charge in [-0.2, -0.15) is 0 Å². The fourth-order valence-corrected chi connectivity index (χ4v) is 2.60. The smallest absolute Gasteiger partial charge is 0.222 e. The monoisotopic (exact) mass is 363 g/mol. The molecule has 1 aromatic carbocycles. The Morgan fingerprint density at radius 1 is 1.17 bits per heavy atom. The van der Waals surface area contributed by atoms with Crippen molar-refractivity contribution in [2.75, 3.05) is 52.2 Å². The minimum absolute atomic E-state index is 0. The van der Waals surface area contributed by atoms with Gasteiger partial charge in [-0.15, -0.1) is 24.8 Å². The summed E-state index contributed by atoms with van der Waals surface area (Å²) in [5.74, 6) is 0.227. The van der Waals surface area contributed by atoms with E-state index in [-0.39, 0.29) is 30.7 Å². The number of piperazine rings is 1.